The molecule has 1 heterocycles. The summed E-state index contributed by atoms with van der Waals surface area (Å²) in [4.78, 5) is 30.3. The van der Waals surface area contributed by atoms with Crippen LogP contribution in [0, 0.1) is 11.6 Å². The minimum absolute atomic E-state index is 0.145. The summed E-state index contributed by atoms with van der Waals surface area (Å²) in [7, 11) is 3.80. The van der Waals surface area contributed by atoms with Gasteiger partial charge in [0.25, 0.3) is 11.8 Å². The quantitative estimate of drug-likeness (QED) is 0.311. The first-order valence-electron chi connectivity index (χ1n) is 11.2. The number of nitrogens with zero attached hydrogens (tertiary/aromatic N) is 2. The van der Waals surface area contributed by atoms with E-state index in [9.17, 15) is 18.4 Å². The molecule has 0 saturated carbocycles. The SMILES string of the molecule is CN(C)c1ccc(NC(=O)c2cccc(F)c2)cc1CN(Cc1ccc(F)cc1)C(=O)c1cccs1. The molecule has 184 valence electrons. The lowest BCUT2D eigenvalue weighted by molar-refractivity contribution is 0.0735. The zero-order valence-electron chi connectivity index (χ0n) is 19.9. The molecule has 4 rings (SSSR count). The van der Waals surface area contributed by atoms with Gasteiger partial charge < -0.3 is 15.1 Å². The van der Waals surface area contributed by atoms with Crippen LogP contribution in [0.3, 0.4) is 0 Å². The average molecular weight is 506 g/mol. The predicted molar refractivity (Wildman–Crippen MR) is 139 cm³/mol. The molecule has 0 radical (unpaired) electrons. The number of hydrogen-bond acceptors (Lipinski definition) is 4. The summed E-state index contributed by atoms with van der Waals surface area (Å²) in [5, 5.41) is 4.66. The molecule has 0 saturated heterocycles. The van der Waals surface area contributed by atoms with Crippen molar-refractivity contribution in [3.63, 3.8) is 0 Å². The number of rotatable bonds is 8. The first-order chi connectivity index (χ1) is 17.3. The van der Waals surface area contributed by atoms with Crippen LogP contribution in [0.5, 0.6) is 0 Å². The Kier molecular flexibility index (Phi) is 7.75. The largest absolute Gasteiger partial charge is 0.377 e. The summed E-state index contributed by atoms with van der Waals surface area (Å²) in [5.41, 5.74) is 3.21. The van der Waals surface area contributed by atoms with E-state index in [1.165, 1.54) is 47.7 Å². The van der Waals surface area contributed by atoms with E-state index in [4.69, 9.17) is 0 Å². The van der Waals surface area contributed by atoms with E-state index in [-0.39, 0.29) is 30.4 Å². The second-order valence-corrected chi connectivity index (χ2v) is 9.42. The van der Waals surface area contributed by atoms with Gasteiger partial charge in [-0.3, -0.25) is 9.59 Å². The lowest BCUT2D eigenvalue weighted by Crippen LogP contribution is -2.30. The summed E-state index contributed by atoms with van der Waals surface area (Å²) in [5.74, 6) is -1.41. The highest BCUT2D eigenvalue weighted by atomic mass is 32.1. The lowest BCUT2D eigenvalue weighted by atomic mass is 10.1. The van der Waals surface area contributed by atoms with Gasteiger partial charge in [0.05, 0.1) is 4.88 Å². The van der Waals surface area contributed by atoms with E-state index in [0.29, 0.717) is 10.6 Å². The van der Waals surface area contributed by atoms with Crippen LogP contribution < -0.4 is 10.2 Å². The Balaban J connectivity index is 1.64. The number of thiophene rings is 1. The van der Waals surface area contributed by atoms with Crippen molar-refractivity contribution in [2.45, 2.75) is 13.1 Å². The van der Waals surface area contributed by atoms with Gasteiger partial charge in [0, 0.05) is 44.1 Å². The van der Waals surface area contributed by atoms with Crippen molar-refractivity contribution in [3.05, 3.63) is 117 Å². The number of nitrogens with one attached hydrogen (secondary N) is 1. The Morgan fingerprint density at radius 2 is 1.64 bits per heavy atom. The maximum absolute atomic E-state index is 13.6. The molecule has 0 atom stereocenters. The molecule has 0 aliphatic heterocycles. The fraction of sp³-hybridized carbons (Fsp3) is 0.143. The molecular weight excluding hydrogens is 480 g/mol. The fourth-order valence-electron chi connectivity index (χ4n) is 3.83. The summed E-state index contributed by atoms with van der Waals surface area (Å²) >= 11 is 1.35. The number of hydrogen-bond donors (Lipinski definition) is 1. The van der Waals surface area contributed by atoms with Gasteiger partial charge in [-0.25, -0.2) is 8.78 Å². The summed E-state index contributed by atoms with van der Waals surface area (Å²) < 4.78 is 27.0. The van der Waals surface area contributed by atoms with Crippen LogP contribution in [-0.2, 0) is 13.1 Å². The van der Waals surface area contributed by atoms with E-state index in [1.807, 2.05) is 42.6 Å². The summed E-state index contributed by atoms with van der Waals surface area (Å²) in [6.45, 7) is 0.537. The predicted octanol–water partition coefficient (Wildman–Crippen LogP) is 6.19. The molecule has 0 unspecified atom stereocenters. The molecule has 1 N–H and O–H groups in total. The molecule has 3 aromatic carbocycles. The Bertz CT molecular complexity index is 1360. The average Bonchev–Trinajstić information content (AvgIpc) is 3.39. The van der Waals surface area contributed by atoms with E-state index in [2.05, 4.69) is 5.32 Å². The molecule has 0 aliphatic rings. The van der Waals surface area contributed by atoms with Gasteiger partial charge in [0.2, 0.25) is 0 Å². The maximum Gasteiger partial charge on any atom is 0.264 e. The third-order valence-electron chi connectivity index (χ3n) is 5.57. The number of halogens is 2. The highest BCUT2D eigenvalue weighted by Crippen LogP contribution is 2.27. The van der Waals surface area contributed by atoms with Crippen molar-refractivity contribution in [3.8, 4) is 0 Å². The summed E-state index contributed by atoms with van der Waals surface area (Å²) in [6.07, 6.45) is 0. The van der Waals surface area contributed by atoms with Crippen LogP contribution >= 0.6 is 11.3 Å². The van der Waals surface area contributed by atoms with Crippen LogP contribution in [-0.4, -0.2) is 30.8 Å². The fourth-order valence-corrected chi connectivity index (χ4v) is 4.52. The van der Waals surface area contributed by atoms with Crippen molar-refractivity contribution in [1.29, 1.82) is 0 Å². The molecule has 4 aromatic rings. The number of carbonyl (C=O) groups is 2. The number of amides is 2. The molecule has 1 aromatic heterocycles. The smallest absolute Gasteiger partial charge is 0.264 e. The molecule has 36 heavy (non-hydrogen) atoms. The van der Waals surface area contributed by atoms with Crippen molar-refractivity contribution in [2.75, 3.05) is 24.3 Å². The van der Waals surface area contributed by atoms with Gasteiger partial charge in [0.15, 0.2) is 0 Å². The standard InChI is InChI=1S/C28H25F2N3O2S/c1-32(2)25-13-12-24(31-27(34)20-5-3-6-23(30)15-20)16-21(25)18-33(28(35)26-7-4-14-36-26)17-19-8-10-22(29)11-9-19/h3-16H,17-18H2,1-2H3,(H,31,34). The van der Waals surface area contributed by atoms with Crippen LogP contribution in [0.1, 0.15) is 31.2 Å². The first-order valence-corrected chi connectivity index (χ1v) is 12.1. The molecule has 0 spiro atoms. The minimum atomic E-state index is -0.491. The Morgan fingerprint density at radius 1 is 0.861 bits per heavy atom. The van der Waals surface area contributed by atoms with E-state index in [1.54, 1.807) is 29.2 Å². The van der Waals surface area contributed by atoms with Crippen LogP contribution in [0.25, 0.3) is 0 Å². The third-order valence-corrected chi connectivity index (χ3v) is 6.43. The maximum atomic E-state index is 13.6. The van der Waals surface area contributed by atoms with Gasteiger partial charge in [0.1, 0.15) is 11.6 Å². The Morgan fingerprint density at radius 3 is 2.31 bits per heavy atom. The molecule has 8 heteroatoms. The minimum Gasteiger partial charge on any atom is -0.377 e. The zero-order valence-corrected chi connectivity index (χ0v) is 20.7. The van der Waals surface area contributed by atoms with Gasteiger partial charge in [-0.1, -0.05) is 24.3 Å². The molecule has 0 fully saturated rings. The van der Waals surface area contributed by atoms with Gasteiger partial charge in [-0.05, 0) is 71.1 Å². The third kappa shape index (κ3) is 6.14. The van der Waals surface area contributed by atoms with Gasteiger partial charge >= 0.3 is 0 Å². The van der Waals surface area contributed by atoms with Crippen molar-refractivity contribution in [2.24, 2.45) is 0 Å². The van der Waals surface area contributed by atoms with E-state index < -0.39 is 11.7 Å². The monoisotopic (exact) mass is 505 g/mol. The van der Waals surface area contributed by atoms with Crippen molar-refractivity contribution in [1.82, 2.24) is 4.90 Å². The van der Waals surface area contributed by atoms with E-state index >= 15 is 0 Å². The molecule has 5 nitrogen and oxygen atoms in total. The number of carbonyl (C=O) groups excluding carboxylic acids is 2. The van der Waals surface area contributed by atoms with E-state index in [0.717, 1.165) is 16.8 Å². The topological polar surface area (TPSA) is 52.7 Å². The van der Waals surface area contributed by atoms with Crippen LogP contribution in [0.15, 0.2) is 84.2 Å². The lowest BCUT2D eigenvalue weighted by Gasteiger charge is -2.26. The van der Waals surface area contributed by atoms with Crippen LogP contribution in [0.4, 0.5) is 20.2 Å². The molecule has 2 amide bonds. The highest BCUT2D eigenvalue weighted by molar-refractivity contribution is 7.12. The van der Waals surface area contributed by atoms with Crippen LogP contribution in [0.2, 0.25) is 0 Å². The number of anilines is 2. The highest BCUT2D eigenvalue weighted by Gasteiger charge is 2.20. The Labute approximate surface area is 212 Å². The van der Waals surface area contributed by atoms with Gasteiger partial charge in [-0.2, -0.15) is 0 Å². The van der Waals surface area contributed by atoms with Gasteiger partial charge in [-0.15, -0.1) is 11.3 Å². The van der Waals surface area contributed by atoms with Crippen molar-refractivity contribution < 1.29 is 18.4 Å². The zero-order chi connectivity index (χ0) is 25.7. The first kappa shape index (κ1) is 25.1. The second-order valence-electron chi connectivity index (χ2n) is 8.47. The van der Waals surface area contributed by atoms with Crippen molar-refractivity contribution >= 4 is 34.5 Å². The molecule has 0 aliphatic carbocycles. The molecule has 0 bridgehead atoms. The Hall–Kier alpha value is -4.04. The number of benzene rings is 3. The normalized spacial score (nSPS) is 10.7. The second kappa shape index (κ2) is 11.1. The summed E-state index contributed by atoms with van der Waals surface area (Å²) in [6, 6.07) is 20.6. The molecular formula is C28H25F2N3O2S.